The summed E-state index contributed by atoms with van der Waals surface area (Å²) in [6.07, 6.45) is 0.384. The number of piperidine rings is 1. The lowest BCUT2D eigenvalue weighted by Crippen LogP contribution is -2.69. The van der Waals surface area contributed by atoms with E-state index < -0.39 is 23.2 Å². The number of likely N-dealkylation sites (tertiary alicyclic amines) is 1. The first kappa shape index (κ1) is 19.4. The maximum atomic E-state index is 12.7. The van der Waals surface area contributed by atoms with Crippen LogP contribution in [0.25, 0.3) is 0 Å². The summed E-state index contributed by atoms with van der Waals surface area (Å²) in [6.45, 7) is 4.24. The van der Waals surface area contributed by atoms with E-state index in [2.05, 4.69) is 5.32 Å². The largest absolute Gasteiger partial charge is 0.507 e. The molecule has 0 unspecified atom stereocenters. The van der Waals surface area contributed by atoms with Crippen LogP contribution in [0.1, 0.15) is 43.5 Å². The lowest BCUT2D eigenvalue weighted by molar-refractivity contribution is -0.205. The van der Waals surface area contributed by atoms with Crippen LogP contribution in [0.4, 0.5) is 0 Å². The van der Waals surface area contributed by atoms with Crippen molar-refractivity contribution in [2.45, 2.75) is 50.4 Å². The highest BCUT2D eigenvalue weighted by Crippen LogP contribution is 2.40. The molecule has 2 aliphatic rings. The molecule has 8 heteroatoms. The highest BCUT2D eigenvalue weighted by Gasteiger charge is 2.54. The molecule has 2 amide bonds. The molecule has 0 saturated carbocycles. The Kier molecular flexibility index (Phi) is 5.05. The van der Waals surface area contributed by atoms with Crippen LogP contribution in [-0.2, 0) is 9.53 Å². The monoisotopic (exact) mass is 378 g/mol. The maximum absolute atomic E-state index is 12.7. The fraction of sp³-hybridized carbons (Fsp3) is 0.579. The molecular formula is C19H26N2O6. The van der Waals surface area contributed by atoms with E-state index in [0.29, 0.717) is 39.0 Å². The zero-order valence-electron chi connectivity index (χ0n) is 15.6. The predicted molar refractivity (Wildman–Crippen MR) is 96.4 cm³/mol. The van der Waals surface area contributed by atoms with Crippen LogP contribution in [0.3, 0.4) is 0 Å². The number of ether oxygens (including phenoxy) is 1. The summed E-state index contributed by atoms with van der Waals surface area (Å²) in [7, 11) is 0. The van der Waals surface area contributed by atoms with E-state index in [1.165, 1.54) is 30.0 Å². The Labute approximate surface area is 157 Å². The first-order valence-corrected chi connectivity index (χ1v) is 9.09. The Morgan fingerprint density at radius 2 is 1.78 bits per heavy atom. The van der Waals surface area contributed by atoms with Gasteiger partial charge in [0.25, 0.3) is 5.91 Å². The number of hydrogen-bond donors (Lipinski definition) is 4. The van der Waals surface area contributed by atoms with Crippen LogP contribution in [0.15, 0.2) is 18.2 Å². The topological polar surface area (TPSA) is 119 Å². The molecule has 2 fully saturated rings. The molecular weight excluding hydrogens is 352 g/mol. The second kappa shape index (κ2) is 7.01. The number of aromatic hydroxyl groups is 2. The van der Waals surface area contributed by atoms with Gasteiger partial charge >= 0.3 is 0 Å². The van der Waals surface area contributed by atoms with Crippen molar-refractivity contribution in [2.24, 2.45) is 0 Å². The number of phenolic OH excluding ortho intramolecular Hbond substituents is 2. The highest BCUT2D eigenvalue weighted by atomic mass is 16.5. The van der Waals surface area contributed by atoms with Gasteiger partial charge in [-0.3, -0.25) is 9.59 Å². The number of nitrogens with one attached hydrogen (secondary N) is 1. The molecule has 0 aliphatic carbocycles. The smallest absolute Gasteiger partial charge is 0.261 e. The van der Waals surface area contributed by atoms with E-state index >= 15 is 0 Å². The molecule has 2 aliphatic heterocycles. The molecule has 0 aromatic heterocycles. The Balaban J connectivity index is 1.74. The van der Waals surface area contributed by atoms with Crippen molar-refractivity contribution in [2.75, 3.05) is 19.7 Å². The number of carbonyl (C=O) groups excluding carboxylic acids is 2. The summed E-state index contributed by atoms with van der Waals surface area (Å²) in [5.74, 6) is -1.22. The van der Waals surface area contributed by atoms with Crippen LogP contribution in [-0.4, -0.2) is 69.0 Å². The fourth-order valence-corrected chi connectivity index (χ4v) is 4.21. The quantitative estimate of drug-likeness (QED) is 0.603. The fourth-order valence-electron chi connectivity index (χ4n) is 4.21. The van der Waals surface area contributed by atoms with Gasteiger partial charge in [-0.05, 0) is 38.3 Å². The van der Waals surface area contributed by atoms with Crippen molar-refractivity contribution in [1.29, 1.82) is 0 Å². The number of rotatable bonds is 2. The molecule has 8 nitrogen and oxygen atoms in total. The Hall–Kier alpha value is -2.32. The van der Waals surface area contributed by atoms with E-state index in [1.807, 2.05) is 0 Å². The maximum Gasteiger partial charge on any atom is 0.261 e. The molecule has 27 heavy (non-hydrogen) atoms. The molecule has 3 rings (SSSR count). The van der Waals surface area contributed by atoms with Crippen molar-refractivity contribution >= 4 is 11.8 Å². The number of hydrogen-bond acceptors (Lipinski definition) is 6. The second-order valence-electron chi connectivity index (χ2n) is 7.63. The van der Waals surface area contributed by atoms with E-state index in [0.717, 1.165) is 0 Å². The van der Waals surface area contributed by atoms with Crippen LogP contribution < -0.4 is 5.32 Å². The number of aliphatic hydroxyl groups is 1. The number of nitrogens with zero attached hydrogens (tertiary/aromatic N) is 1. The summed E-state index contributed by atoms with van der Waals surface area (Å²) >= 11 is 0. The average Bonchev–Trinajstić information content (AvgIpc) is 2.59. The predicted octanol–water partition coefficient (Wildman–Crippen LogP) is 0.749. The van der Waals surface area contributed by atoms with E-state index in [4.69, 9.17) is 4.74 Å². The molecule has 2 saturated heterocycles. The first-order chi connectivity index (χ1) is 12.7. The Bertz CT molecular complexity index is 723. The van der Waals surface area contributed by atoms with Crippen molar-refractivity contribution in [3.63, 3.8) is 0 Å². The van der Waals surface area contributed by atoms with Crippen molar-refractivity contribution in [1.82, 2.24) is 10.2 Å². The van der Waals surface area contributed by atoms with Gasteiger partial charge in [-0.25, -0.2) is 0 Å². The third kappa shape index (κ3) is 3.46. The molecule has 2 heterocycles. The van der Waals surface area contributed by atoms with Crippen LogP contribution in [0.5, 0.6) is 11.5 Å². The van der Waals surface area contributed by atoms with Gasteiger partial charge in [0.2, 0.25) is 5.91 Å². The minimum absolute atomic E-state index is 0.123. The normalized spacial score (nSPS) is 27.4. The van der Waals surface area contributed by atoms with Gasteiger partial charge in [-0.2, -0.15) is 0 Å². The molecule has 0 radical (unpaired) electrons. The molecule has 4 N–H and O–H groups in total. The van der Waals surface area contributed by atoms with E-state index in [1.54, 1.807) is 6.92 Å². The minimum Gasteiger partial charge on any atom is -0.507 e. The molecule has 1 aromatic carbocycles. The van der Waals surface area contributed by atoms with Crippen molar-refractivity contribution in [3.05, 3.63) is 23.8 Å². The standard InChI is InChI=1S/C19H26N2O6/c1-12(22)20-18(2)8-11-27-19(17(18)26)6-9-21(10-7-19)16(25)15-13(23)4-3-5-14(15)24/h3-5,17,23-24,26H,6-11H2,1-2H3,(H,20,22)/t17-,18+/m0/s1. The van der Waals surface area contributed by atoms with Gasteiger partial charge in [0.05, 0.1) is 11.1 Å². The highest BCUT2D eigenvalue weighted by molar-refractivity contribution is 5.99. The molecule has 2 atom stereocenters. The summed E-state index contributed by atoms with van der Waals surface area (Å²) in [4.78, 5) is 25.8. The lowest BCUT2D eigenvalue weighted by atomic mass is 9.73. The number of phenols is 2. The average molecular weight is 378 g/mol. The Morgan fingerprint density at radius 1 is 1.19 bits per heavy atom. The zero-order chi connectivity index (χ0) is 19.8. The van der Waals surface area contributed by atoms with Gasteiger partial charge in [0.15, 0.2) is 0 Å². The Morgan fingerprint density at radius 3 is 2.33 bits per heavy atom. The van der Waals surface area contributed by atoms with Crippen LogP contribution in [0.2, 0.25) is 0 Å². The van der Waals surface area contributed by atoms with Crippen LogP contribution in [0, 0.1) is 0 Å². The van der Waals surface area contributed by atoms with Gasteiger partial charge in [-0.15, -0.1) is 0 Å². The third-order valence-electron chi connectivity index (χ3n) is 5.71. The first-order valence-electron chi connectivity index (χ1n) is 9.09. The summed E-state index contributed by atoms with van der Waals surface area (Å²) in [5.41, 5.74) is -1.75. The molecule has 1 spiro atoms. The number of benzene rings is 1. The van der Waals surface area contributed by atoms with Crippen molar-refractivity contribution in [3.8, 4) is 11.5 Å². The summed E-state index contributed by atoms with van der Waals surface area (Å²) < 4.78 is 5.94. The SMILES string of the molecule is CC(=O)N[C@]1(C)CCOC2(CCN(C(=O)c3c(O)cccc3O)CC2)[C@H]1O. The minimum atomic E-state index is -0.904. The summed E-state index contributed by atoms with van der Waals surface area (Å²) in [5, 5.41) is 33.6. The van der Waals surface area contributed by atoms with Gasteiger partial charge < -0.3 is 30.3 Å². The number of amides is 2. The van der Waals surface area contributed by atoms with Crippen LogP contribution >= 0.6 is 0 Å². The van der Waals surface area contributed by atoms with Gasteiger partial charge in [-0.1, -0.05) is 6.07 Å². The van der Waals surface area contributed by atoms with E-state index in [-0.39, 0.29) is 23.0 Å². The number of aliphatic hydroxyl groups excluding tert-OH is 1. The number of carbonyl (C=O) groups is 2. The summed E-state index contributed by atoms with van der Waals surface area (Å²) in [6, 6.07) is 4.16. The molecule has 1 aromatic rings. The molecule has 148 valence electrons. The molecule has 0 bridgehead atoms. The third-order valence-corrected chi connectivity index (χ3v) is 5.71. The van der Waals surface area contributed by atoms with Gasteiger partial charge in [0.1, 0.15) is 23.2 Å². The van der Waals surface area contributed by atoms with E-state index in [9.17, 15) is 24.9 Å². The van der Waals surface area contributed by atoms with Crippen molar-refractivity contribution < 1.29 is 29.6 Å². The second-order valence-corrected chi connectivity index (χ2v) is 7.63. The van der Waals surface area contributed by atoms with Gasteiger partial charge in [0, 0.05) is 26.6 Å². The zero-order valence-corrected chi connectivity index (χ0v) is 15.6. The lowest BCUT2D eigenvalue weighted by Gasteiger charge is -2.53.